The maximum atomic E-state index is 10.8. The third-order valence-corrected chi connectivity index (χ3v) is 1.41. The molecule has 1 aromatic rings. The molecule has 0 saturated carbocycles. The highest BCUT2D eigenvalue weighted by atomic mass is 16.5. The molecule has 0 fully saturated rings. The van der Waals surface area contributed by atoms with E-state index in [-0.39, 0.29) is 11.4 Å². The SMILES string of the molecule is COc1ccnc(N)c1C(N)=O. The number of rotatable bonds is 2. The maximum absolute atomic E-state index is 10.8. The van der Waals surface area contributed by atoms with E-state index in [2.05, 4.69) is 4.98 Å². The highest BCUT2D eigenvalue weighted by molar-refractivity contribution is 5.99. The number of nitrogen functional groups attached to an aromatic ring is 1. The van der Waals surface area contributed by atoms with Crippen LogP contribution in [0.2, 0.25) is 0 Å². The van der Waals surface area contributed by atoms with Crippen LogP contribution in [0.1, 0.15) is 10.4 Å². The molecule has 12 heavy (non-hydrogen) atoms. The van der Waals surface area contributed by atoms with Crippen molar-refractivity contribution in [3.8, 4) is 5.75 Å². The van der Waals surface area contributed by atoms with Gasteiger partial charge in [0.1, 0.15) is 17.1 Å². The van der Waals surface area contributed by atoms with Crippen LogP contribution in [0.15, 0.2) is 12.3 Å². The number of aromatic nitrogens is 1. The highest BCUT2D eigenvalue weighted by Crippen LogP contribution is 2.20. The van der Waals surface area contributed by atoms with Crippen LogP contribution in [-0.4, -0.2) is 18.0 Å². The van der Waals surface area contributed by atoms with Gasteiger partial charge in [-0.1, -0.05) is 0 Å². The second kappa shape index (κ2) is 3.08. The maximum Gasteiger partial charge on any atom is 0.256 e. The Morgan fingerprint density at radius 3 is 2.75 bits per heavy atom. The fourth-order valence-electron chi connectivity index (χ4n) is 0.877. The molecular formula is C7H9N3O2. The number of nitrogens with zero attached hydrogens (tertiary/aromatic N) is 1. The van der Waals surface area contributed by atoms with E-state index in [0.29, 0.717) is 5.75 Å². The first-order chi connectivity index (χ1) is 5.66. The number of anilines is 1. The second-order valence-electron chi connectivity index (χ2n) is 2.14. The number of carbonyl (C=O) groups is 1. The van der Waals surface area contributed by atoms with Crippen LogP contribution < -0.4 is 16.2 Å². The summed E-state index contributed by atoms with van der Waals surface area (Å²) < 4.78 is 4.87. The van der Waals surface area contributed by atoms with E-state index in [9.17, 15) is 4.79 Å². The van der Waals surface area contributed by atoms with Gasteiger partial charge in [-0.3, -0.25) is 4.79 Å². The van der Waals surface area contributed by atoms with Crippen molar-refractivity contribution in [2.75, 3.05) is 12.8 Å². The van der Waals surface area contributed by atoms with Gasteiger partial charge in [0.15, 0.2) is 0 Å². The zero-order chi connectivity index (χ0) is 9.14. The van der Waals surface area contributed by atoms with Gasteiger partial charge in [0, 0.05) is 6.20 Å². The second-order valence-corrected chi connectivity index (χ2v) is 2.14. The number of primary amides is 1. The number of nitrogens with two attached hydrogens (primary N) is 2. The molecule has 0 aliphatic heterocycles. The molecule has 1 aromatic heterocycles. The smallest absolute Gasteiger partial charge is 0.256 e. The molecule has 0 aromatic carbocycles. The van der Waals surface area contributed by atoms with Crippen LogP contribution in [-0.2, 0) is 0 Å². The Morgan fingerprint density at radius 1 is 1.67 bits per heavy atom. The van der Waals surface area contributed by atoms with Gasteiger partial charge < -0.3 is 16.2 Å². The van der Waals surface area contributed by atoms with Crippen molar-refractivity contribution in [2.24, 2.45) is 5.73 Å². The van der Waals surface area contributed by atoms with Gasteiger partial charge in [-0.15, -0.1) is 0 Å². The number of pyridine rings is 1. The standard InChI is InChI=1S/C7H9N3O2/c1-12-4-2-3-10-6(8)5(4)7(9)11/h2-3H,1H3,(H2,8,10)(H2,9,11). The molecule has 0 bridgehead atoms. The molecular weight excluding hydrogens is 158 g/mol. The van der Waals surface area contributed by atoms with Crippen molar-refractivity contribution >= 4 is 11.7 Å². The Labute approximate surface area is 69.3 Å². The molecule has 0 saturated heterocycles. The summed E-state index contributed by atoms with van der Waals surface area (Å²) >= 11 is 0. The average Bonchev–Trinajstić information content (AvgIpc) is 2.03. The van der Waals surface area contributed by atoms with Crippen molar-refractivity contribution < 1.29 is 9.53 Å². The first-order valence-electron chi connectivity index (χ1n) is 3.25. The number of methoxy groups -OCH3 is 1. The largest absolute Gasteiger partial charge is 0.496 e. The molecule has 5 heteroatoms. The minimum Gasteiger partial charge on any atom is -0.496 e. The summed E-state index contributed by atoms with van der Waals surface area (Å²) in [7, 11) is 1.43. The number of ether oxygens (including phenoxy) is 1. The highest BCUT2D eigenvalue weighted by Gasteiger charge is 2.12. The van der Waals surface area contributed by atoms with Gasteiger partial charge in [-0.25, -0.2) is 4.98 Å². The molecule has 0 aliphatic rings. The fourth-order valence-corrected chi connectivity index (χ4v) is 0.877. The normalized spacial score (nSPS) is 9.42. The molecule has 0 unspecified atom stereocenters. The van der Waals surface area contributed by atoms with Crippen LogP contribution in [0, 0.1) is 0 Å². The number of hydrogen-bond acceptors (Lipinski definition) is 4. The summed E-state index contributed by atoms with van der Waals surface area (Å²) in [5, 5.41) is 0. The first kappa shape index (κ1) is 8.32. The van der Waals surface area contributed by atoms with Gasteiger partial charge in [0.25, 0.3) is 5.91 Å². The molecule has 0 radical (unpaired) electrons. The van der Waals surface area contributed by atoms with Crippen LogP contribution in [0.4, 0.5) is 5.82 Å². The average molecular weight is 167 g/mol. The van der Waals surface area contributed by atoms with Crippen molar-refractivity contribution in [2.45, 2.75) is 0 Å². The van der Waals surface area contributed by atoms with Gasteiger partial charge in [-0.2, -0.15) is 0 Å². The van der Waals surface area contributed by atoms with Crippen LogP contribution >= 0.6 is 0 Å². The van der Waals surface area contributed by atoms with E-state index in [1.807, 2.05) is 0 Å². The topological polar surface area (TPSA) is 91.2 Å². The number of amides is 1. The Hall–Kier alpha value is -1.78. The summed E-state index contributed by atoms with van der Waals surface area (Å²) in [5.74, 6) is -0.214. The van der Waals surface area contributed by atoms with E-state index in [0.717, 1.165) is 0 Å². The van der Waals surface area contributed by atoms with Gasteiger partial charge in [0.2, 0.25) is 0 Å². The minimum atomic E-state index is -0.641. The third-order valence-electron chi connectivity index (χ3n) is 1.41. The molecule has 1 heterocycles. The van der Waals surface area contributed by atoms with Gasteiger partial charge in [-0.05, 0) is 6.07 Å². The Morgan fingerprint density at radius 2 is 2.33 bits per heavy atom. The zero-order valence-electron chi connectivity index (χ0n) is 6.57. The summed E-state index contributed by atoms with van der Waals surface area (Å²) in [5.41, 5.74) is 10.6. The quantitative estimate of drug-likeness (QED) is 0.636. The fraction of sp³-hybridized carbons (Fsp3) is 0.143. The molecule has 0 aliphatic carbocycles. The summed E-state index contributed by atoms with van der Waals surface area (Å²) in [6.07, 6.45) is 1.45. The summed E-state index contributed by atoms with van der Waals surface area (Å²) in [6, 6.07) is 1.52. The minimum absolute atomic E-state index is 0.0850. The van der Waals surface area contributed by atoms with Crippen LogP contribution in [0.3, 0.4) is 0 Å². The van der Waals surface area contributed by atoms with E-state index >= 15 is 0 Å². The van der Waals surface area contributed by atoms with E-state index in [1.165, 1.54) is 19.4 Å². The number of carbonyl (C=O) groups excluding carboxylic acids is 1. The molecule has 5 nitrogen and oxygen atoms in total. The van der Waals surface area contributed by atoms with E-state index in [1.54, 1.807) is 0 Å². The van der Waals surface area contributed by atoms with Crippen LogP contribution in [0.5, 0.6) is 5.75 Å². The summed E-state index contributed by atoms with van der Waals surface area (Å²) in [6.45, 7) is 0. The Bertz CT molecular complexity index is 312. The van der Waals surface area contributed by atoms with Crippen molar-refractivity contribution in [1.29, 1.82) is 0 Å². The molecule has 1 rings (SSSR count). The molecule has 4 N–H and O–H groups in total. The van der Waals surface area contributed by atoms with Gasteiger partial charge >= 0.3 is 0 Å². The molecule has 0 spiro atoms. The lowest BCUT2D eigenvalue weighted by Crippen LogP contribution is -2.15. The lowest BCUT2D eigenvalue weighted by atomic mass is 10.2. The third kappa shape index (κ3) is 1.29. The molecule has 64 valence electrons. The first-order valence-corrected chi connectivity index (χ1v) is 3.25. The predicted octanol–water partition coefficient (Wildman–Crippen LogP) is -0.229. The zero-order valence-corrected chi connectivity index (χ0v) is 6.57. The van der Waals surface area contributed by atoms with Crippen molar-refractivity contribution in [3.63, 3.8) is 0 Å². The monoisotopic (exact) mass is 167 g/mol. The Balaban J connectivity index is 3.29. The van der Waals surface area contributed by atoms with Crippen molar-refractivity contribution in [3.05, 3.63) is 17.8 Å². The number of hydrogen-bond donors (Lipinski definition) is 2. The van der Waals surface area contributed by atoms with Crippen molar-refractivity contribution in [1.82, 2.24) is 4.98 Å². The van der Waals surface area contributed by atoms with E-state index in [4.69, 9.17) is 16.2 Å². The lowest BCUT2D eigenvalue weighted by molar-refractivity contribution is 0.0998. The Kier molecular flexibility index (Phi) is 2.14. The molecule has 1 amide bonds. The summed E-state index contributed by atoms with van der Waals surface area (Å²) in [4.78, 5) is 14.5. The van der Waals surface area contributed by atoms with Crippen LogP contribution in [0.25, 0.3) is 0 Å². The predicted molar refractivity (Wildman–Crippen MR) is 43.7 cm³/mol. The van der Waals surface area contributed by atoms with E-state index < -0.39 is 5.91 Å². The van der Waals surface area contributed by atoms with Gasteiger partial charge in [0.05, 0.1) is 7.11 Å². The lowest BCUT2D eigenvalue weighted by Gasteiger charge is -2.05. The molecule has 0 atom stereocenters.